The Hall–Kier alpha value is -3.82. The Kier molecular flexibility index (Phi) is 6.42. The highest BCUT2D eigenvalue weighted by Crippen LogP contribution is 2.37. The van der Waals surface area contributed by atoms with Gasteiger partial charge in [-0.1, -0.05) is 35.9 Å². The van der Waals surface area contributed by atoms with Crippen LogP contribution in [0, 0.1) is 6.92 Å². The molecule has 0 saturated carbocycles. The van der Waals surface area contributed by atoms with Gasteiger partial charge in [-0.15, -0.1) is 0 Å². The van der Waals surface area contributed by atoms with E-state index in [1.807, 2.05) is 42.0 Å². The topological polar surface area (TPSA) is 93.5 Å². The maximum absolute atomic E-state index is 13.5. The zero-order chi connectivity index (χ0) is 25.3. The number of ether oxygens (including phenoxy) is 1. The number of nitrogens with one attached hydrogen (secondary N) is 1. The number of sulfonamides is 1. The molecule has 2 heterocycles. The second-order valence-electron chi connectivity index (χ2n) is 8.29. The summed E-state index contributed by atoms with van der Waals surface area (Å²) in [5.41, 5.74) is 2.24. The number of amides is 1. The lowest BCUT2D eigenvalue weighted by Gasteiger charge is -2.34. The molecule has 1 atom stereocenters. The molecule has 5 rings (SSSR count). The molecule has 8 nitrogen and oxygen atoms in total. The first-order chi connectivity index (χ1) is 17.3. The van der Waals surface area contributed by atoms with Gasteiger partial charge in [0.1, 0.15) is 11.6 Å². The number of aromatic nitrogens is 2. The van der Waals surface area contributed by atoms with Crippen LogP contribution in [0.3, 0.4) is 0 Å². The van der Waals surface area contributed by atoms with E-state index in [0.29, 0.717) is 16.5 Å². The van der Waals surface area contributed by atoms with Crippen LogP contribution in [0.2, 0.25) is 5.02 Å². The quantitative estimate of drug-likeness (QED) is 0.411. The molecule has 1 amide bonds. The van der Waals surface area contributed by atoms with Crippen molar-refractivity contribution in [3.8, 4) is 11.4 Å². The molecule has 1 aliphatic rings. The van der Waals surface area contributed by atoms with E-state index in [1.165, 1.54) is 28.6 Å². The van der Waals surface area contributed by atoms with Gasteiger partial charge in [0.15, 0.2) is 6.10 Å². The van der Waals surface area contributed by atoms with E-state index in [4.69, 9.17) is 16.3 Å². The Morgan fingerprint density at radius 3 is 2.50 bits per heavy atom. The molecule has 1 aliphatic heterocycles. The van der Waals surface area contributed by atoms with Crippen molar-refractivity contribution in [2.24, 2.45) is 0 Å². The maximum atomic E-state index is 13.5. The zero-order valence-electron chi connectivity index (χ0n) is 19.3. The first-order valence-electron chi connectivity index (χ1n) is 11.2. The Bertz CT molecular complexity index is 1500. The molecule has 0 radical (unpaired) electrons. The van der Waals surface area contributed by atoms with Crippen LogP contribution in [-0.2, 0) is 21.4 Å². The second kappa shape index (κ2) is 9.67. The second-order valence-corrected chi connectivity index (χ2v) is 10.6. The van der Waals surface area contributed by atoms with Crippen molar-refractivity contribution in [1.82, 2.24) is 14.9 Å². The standard InChI is InChI=1S/C26H23ClN4O4S/c1-18-28-14-15-30(18)21-10-6-19(7-11-21)16-29-26(32)25-17-31(23-4-2-3-5-24(23)35-25)36(33,34)22-12-8-20(27)9-13-22/h2-15,25H,16-17H2,1H3,(H,29,32). The molecule has 0 saturated heterocycles. The Labute approximate surface area is 214 Å². The van der Waals surface area contributed by atoms with Crippen LogP contribution in [0.1, 0.15) is 11.4 Å². The number of anilines is 1. The fraction of sp³-hybridized carbons (Fsp3) is 0.154. The van der Waals surface area contributed by atoms with Crippen LogP contribution in [0.4, 0.5) is 5.69 Å². The molecule has 1 aromatic heterocycles. The van der Waals surface area contributed by atoms with Crippen LogP contribution in [0.25, 0.3) is 5.69 Å². The zero-order valence-corrected chi connectivity index (χ0v) is 20.9. The summed E-state index contributed by atoms with van der Waals surface area (Å²) in [6, 6.07) is 20.4. The predicted octanol–water partition coefficient (Wildman–Crippen LogP) is 4.11. The summed E-state index contributed by atoms with van der Waals surface area (Å²) in [6.45, 7) is 2.03. The monoisotopic (exact) mass is 522 g/mol. The Morgan fingerprint density at radius 2 is 1.81 bits per heavy atom. The fourth-order valence-corrected chi connectivity index (χ4v) is 5.63. The molecular formula is C26H23ClN4O4S. The third-order valence-corrected chi connectivity index (χ3v) is 7.98. The van der Waals surface area contributed by atoms with Crippen molar-refractivity contribution in [1.29, 1.82) is 0 Å². The van der Waals surface area contributed by atoms with Crippen LogP contribution < -0.4 is 14.4 Å². The van der Waals surface area contributed by atoms with Crippen molar-refractivity contribution >= 4 is 33.2 Å². The molecule has 184 valence electrons. The Morgan fingerprint density at radius 1 is 1.08 bits per heavy atom. The van der Waals surface area contributed by atoms with Crippen LogP contribution in [-0.4, -0.2) is 36.5 Å². The summed E-state index contributed by atoms with van der Waals surface area (Å²) in [4.78, 5) is 17.4. The van der Waals surface area contributed by atoms with Crippen molar-refractivity contribution in [3.63, 3.8) is 0 Å². The van der Waals surface area contributed by atoms with Crippen molar-refractivity contribution < 1.29 is 17.9 Å². The molecule has 0 aliphatic carbocycles. The lowest BCUT2D eigenvalue weighted by molar-refractivity contribution is -0.127. The summed E-state index contributed by atoms with van der Waals surface area (Å²) < 4.78 is 36.0. The summed E-state index contributed by atoms with van der Waals surface area (Å²) in [5.74, 6) is 0.792. The number of benzene rings is 3. The smallest absolute Gasteiger partial charge is 0.264 e. The summed E-state index contributed by atoms with van der Waals surface area (Å²) >= 11 is 5.93. The van der Waals surface area contributed by atoms with Gasteiger partial charge in [-0.05, 0) is 61.0 Å². The maximum Gasteiger partial charge on any atom is 0.264 e. The van der Waals surface area contributed by atoms with E-state index in [9.17, 15) is 13.2 Å². The number of imidazole rings is 1. The van der Waals surface area contributed by atoms with E-state index in [2.05, 4.69) is 10.3 Å². The highest BCUT2D eigenvalue weighted by atomic mass is 35.5. The van der Waals surface area contributed by atoms with Gasteiger partial charge in [-0.3, -0.25) is 9.10 Å². The minimum atomic E-state index is -3.95. The normalized spacial score (nSPS) is 15.2. The van der Waals surface area contributed by atoms with Crippen LogP contribution in [0.5, 0.6) is 5.75 Å². The SMILES string of the molecule is Cc1nccn1-c1ccc(CNC(=O)C2CN(S(=O)(=O)c3ccc(Cl)cc3)c3ccccc3O2)cc1. The lowest BCUT2D eigenvalue weighted by atomic mass is 10.2. The van der Waals surface area contributed by atoms with Crippen LogP contribution >= 0.6 is 11.6 Å². The number of halogens is 1. The molecule has 0 fully saturated rings. The highest BCUT2D eigenvalue weighted by molar-refractivity contribution is 7.92. The molecule has 1 unspecified atom stereocenters. The van der Waals surface area contributed by atoms with Gasteiger partial charge in [-0.2, -0.15) is 0 Å². The molecule has 36 heavy (non-hydrogen) atoms. The molecular weight excluding hydrogens is 500 g/mol. The van der Waals surface area contributed by atoms with E-state index < -0.39 is 22.0 Å². The van der Waals surface area contributed by atoms with Gasteiger partial charge in [0.2, 0.25) is 0 Å². The first kappa shape index (κ1) is 23.9. The van der Waals surface area contributed by atoms with Gasteiger partial charge >= 0.3 is 0 Å². The fourth-order valence-electron chi connectivity index (χ4n) is 4.03. The van der Waals surface area contributed by atoms with E-state index >= 15 is 0 Å². The molecule has 0 spiro atoms. The summed E-state index contributed by atoms with van der Waals surface area (Å²) in [5, 5.41) is 3.29. The number of fused-ring (bicyclic) bond motifs is 1. The molecule has 10 heteroatoms. The largest absolute Gasteiger partial charge is 0.476 e. The first-order valence-corrected chi connectivity index (χ1v) is 13.1. The number of hydrogen-bond acceptors (Lipinski definition) is 5. The minimum Gasteiger partial charge on any atom is -0.476 e. The van der Waals surface area contributed by atoms with Gasteiger partial charge < -0.3 is 14.6 Å². The van der Waals surface area contributed by atoms with Gasteiger partial charge in [0.05, 0.1) is 17.1 Å². The van der Waals surface area contributed by atoms with Crippen molar-refractivity contribution in [3.05, 3.63) is 102 Å². The molecule has 0 bridgehead atoms. The van der Waals surface area contributed by atoms with Gasteiger partial charge in [-0.25, -0.2) is 13.4 Å². The lowest BCUT2D eigenvalue weighted by Crippen LogP contribution is -2.50. The van der Waals surface area contributed by atoms with Crippen LogP contribution in [0.15, 0.2) is 90.1 Å². The number of hydrogen-bond donors (Lipinski definition) is 1. The molecule has 1 N–H and O–H groups in total. The van der Waals surface area contributed by atoms with Crippen molar-refractivity contribution in [2.75, 3.05) is 10.8 Å². The van der Waals surface area contributed by atoms with E-state index in [1.54, 1.807) is 30.5 Å². The summed E-state index contributed by atoms with van der Waals surface area (Å²) in [6.07, 6.45) is 2.60. The minimum absolute atomic E-state index is 0.0796. The molecule has 3 aromatic carbocycles. The van der Waals surface area contributed by atoms with E-state index in [0.717, 1.165) is 17.1 Å². The third-order valence-electron chi connectivity index (χ3n) is 5.94. The number of carbonyl (C=O) groups is 1. The highest BCUT2D eigenvalue weighted by Gasteiger charge is 2.37. The number of carbonyl (C=O) groups excluding carboxylic acids is 1. The number of nitrogens with zero attached hydrogens (tertiary/aromatic N) is 3. The van der Waals surface area contributed by atoms with Gasteiger partial charge in [0, 0.05) is 29.6 Å². The number of para-hydroxylation sites is 2. The third kappa shape index (κ3) is 4.67. The number of rotatable bonds is 6. The molecule has 4 aromatic rings. The van der Waals surface area contributed by atoms with Gasteiger partial charge in [0.25, 0.3) is 15.9 Å². The van der Waals surface area contributed by atoms with Crippen molar-refractivity contribution in [2.45, 2.75) is 24.5 Å². The Balaban J connectivity index is 1.32. The average molecular weight is 523 g/mol. The predicted molar refractivity (Wildman–Crippen MR) is 137 cm³/mol. The average Bonchev–Trinajstić information content (AvgIpc) is 3.32. The van der Waals surface area contributed by atoms with E-state index in [-0.39, 0.29) is 18.0 Å². The number of aryl methyl sites for hydroxylation is 1. The summed E-state index contributed by atoms with van der Waals surface area (Å²) in [7, 11) is -3.95.